The maximum absolute atomic E-state index is 10.0. The summed E-state index contributed by atoms with van der Waals surface area (Å²) in [6.07, 6.45) is 1.85. The number of carboxylic acid groups (broad SMARTS) is 1. The van der Waals surface area contributed by atoms with Crippen molar-refractivity contribution in [3.8, 4) is 0 Å². The highest BCUT2D eigenvalue weighted by atomic mass is 16.6. The first kappa shape index (κ1) is 9.44. The molecule has 6 heteroatoms. The highest BCUT2D eigenvalue weighted by molar-refractivity contribution is 5.79. The largest absolute Gasteiger partial charge is 0.478 e. The SMILES string of the molecule is NC(=O)CON/C=C/C(=O)O. The van der Waals surface area contributed by atoms with E-state index in [1.807, 2.05) is 0 Å². The zero-order valence-corrected chi connectivity index (χ0v) is 5.61. The van der Waals surface area contributed by atoms with Gasteiger partial charge in [0.25, 0.3) is 0 Å². The molecule has 0 radical (unpaired) electrons. The van der Waals surface area contributed by atoms with E-state index in [9.17, 15) is 9.59 Å². The highest BCUT2D eigenvalue weighted by Gasteiger charge is 1.90. The van der Waals surface area contributed by atoms with Crippen LogP contribution in [-0.2, 0) is 14.4 Å². The molecule has 0 atom stereocenters. The molecular weight excluding hydrogens is 152 g/mol. The monoisotopic (exact) mass is 160 g/mol. The first-order valence-electron chi connectivity index (χ1n) is 2.68. The van der Waals surface area contributed by atoms with Gasteiger partial charge in [-0.2, -0.15) is 0 Å². The fraction of sp³-hybridized carbons (Fsp3) is 0.200. The fourth-order valence-electron chi connectivity index (χ4n) is 0.266. The Bertz CT molecular complexity index is 177. The third-order valence-electron chi connectivity index (χ3n) is 0.592. The number of rotatable bonds is 5. The van der Waals surface area contributed by atoms with E-state index in [0.717, 1.165) is 12.3 Å². The van der Waals surface area contributed by atoms with Crippen LogP contribution in [0.4, 0.5) is 0 Å². The van der Waals surface area contributed by atoms with Crippen LogP contribution in [0.3, 0.4) is 0 Å². The molecule has 11 heavy (non-hydrogen) atoms. The van der Waals surface area contributed by atoms with Crippen LogP contribution in [0.2, 0.25) is 0 Å². The fourth-order valence-corrected chi connectivity index (χ4v) is 0.266. The van der Waals surface area contributed by atoms with Crippen LogP contribution in [0.1, 0.15) is 0 Å². The normalized spacial score (nSPS) is 9.82. The molecule has 0 saturated carbocycles. The highest BCUT2D eigenvalue weighted by Crippen LogP contribution is 1.69. The number of primary amides is 1. The molecule has 62 valence electrons. The average molecular weight is 160 g/mol. The summed E-state index contributed by atoms with van der Waals surface area (Å²) in [5.41, 5.74) is 6.78. The van der Waals surface area contributed by atoms with E-state index in [-0.39, 0.29) is 6.61 Å². The number of carbonyl (C=O) groups excluding carboxylic acids is 1. The van der Waals surface area contributed by atoms with Crippen molar-refractivity contribution in [2.45, 2.75) is 0 Å². The molecule has 0 aliphatic rings. The number of hydroxylamine groups is 1. The smallest absolute Gasteiger partial charge is 0.329 e. The predicted molar refractivity (Wildman–Crippen MR) is 35.1 cm³/mol. The number of nitrogens with one attached hydrogen (secondary N) is 1. The van der Waals surface area contributed by atoms with Gasteiger partial charge in [0.1, 0.15) is 0 Å². The molecule has 0 aliphatic carbocycles. The van der Waals surface area contributed by atoms with Gasteiger partial charge < -0.3 is 10.8 Å². The topological polar surface area (TPSA) is 102 Å². The van der Waals surface area contributed by atoms with E-state index >= 15 is 0 Å². The molecule has 0 spiro atoms. The summed E-state index contributed by atoms with van der Waals surface area (Å²) >= 11 is 0. The molecule has 0 aliphatic heterocycles. The van der Waals surface area contributed by atoms with Crippen molar-refractivity contribution in [3.63, 3.8) is 0 Å². The third-order valence-corrected chi connectivity index (χ3v) is 0.592. The first-order chi connectivity index (χ1) is 5.13. The second kappa shape index (κ2) is 5.24. The van der Waals surface area contributed by atoms with Gasteiger partial charge in [-0.3, -0.25) is 15.1 Å². The molecule has 0 aromatic heterocycles. The van der Waals surface area contributed by atoms with E-state index in [1.165, 1.54) is 0 Å². The van der Waals surface area contributed by atoms with Crippen LogP contribution in [-0.4, -0.2) is 23.6 Å². The van der Waals surface area contributed by atoms with Gasteiger partial charge in [-0.1, -0.05) is 0 Å². The van der Waals surface area contributed by atoms with Crippen LogP contribution in [0.5, 0.6) is 0 Å². The van der Waals surface area contributed by atoms with E-state index in [2.05, 4.69) is 10.3 Å². The van der Waals surface area contributed by atoms with Crippen molar-refractivity contribution in [2.75, 3.05) is 6.61 Å². The van der Waals surface area contributed by atoms with Gasteiger partial charge in [-0.15, -0.1) is 0 Å². The standard InChI is InChI=1S/C5H8N2O4/c6-4(8)3-11-7-2-1-5(9)10/h1-2,7H,3H2,(H2,6,8)(H,9,10)/b2-1+. The maximum atomic E-state index is 10.0. The average Bonchev–Trinajstić information content (AvgIpc) is 1.85. The lowest BCUT2D eigenvalue weighted by Gasteiger charge is -1.96. The van der Waals surface area contributed by atoms with Gasteiger partial charge in [0.2, 0.25) is 5.91 Å². The molecule has 1 amide bonds. The Morgan fingerprint density at radius 1 is 1.64 bits per heavy atom. The number of hydrogen-bond acceptors (Lipinski definition) is 4. The van der Waals surface area contributed by atoms with E-state index in [0.29, 0.717) is 0 Å². The van der Waals surface area contributed by atoms with Crippen molar-refractivity contribution in [2.24, 2.45) is 5.73 Å². The van der Waals surface area contributed by atoms with Crippen LogP contribution in [0.15, 0.2) is 12.3 Å². The lowest BCUT2D eigenvalue weighted by Crippen LogP contribution is -2.22. The zero-order chi connectivity index (χ0) is 8.69. The summed E-state index contributed by atoms with van der Waals surface area (Å²) in [7, 11) is 0. The van der Waals surface area contributed by atoms with Crippen molar-refractivity contribution < 1.29 is 19.5 Å². The Morgan fingerprint density at radius 2 is 2.27 bits per heavy atom. The Balaban J connectivity index is 3.27. The van der Waals surface area contributed by atoms with E-state index < -0.39 is 11.9 Å². The molecule has 0 fully saturated rings. The van der Waals surface area contributed by atoms with Crippen LogP contribution >= 0.6 is 0 Å². The summed E-state index contributed by atoms with van der Waals surface area (Å²) in [5, 5.41) is 8.05. The quantitative estimate of drug-likeness (QED) is 0.260. The number of aliphatic carboxylic acids is 1. The van der Waals surface area contributed by atoms with Crippen molar-refractivity contribution in [3.05, 3.63) is 12.3 Å². The van der Waals surface area contributed by atoms with E-state index in [1.54, 1.807) is 0 Å². The number of carboxylic acids is 1. The summed E-state index contributed by atoms with van der Waals surface area (Å²) < 4.78 is 0. The van der Waals surface area contributed by atoms with Crippen molar-refractivity contribution in [1.82, 2.24) is 5.48 Å². The summed E-state index contributed by atoms with van der Waals surface area (Å²) in [6, 6.07) is 0. The van der Waals surface area contributed by atoms with Crippen LogP contribution in [0, 0.1) is 0 Å². The molecular formula is C5H8N2O4. The molecule has 4 N–H and O–H groups in total. The lowest BCUT2D eigenvalue weighted by atomic mass is 10.6. The molecule has 0 rings (SSSR count). The molecule has 0 aromatic rings. The van der Waals surface area contributed by atoms with Gasteiger partial charge in [0.15, 0.2) is 6.61 Å². The molecule has 0 unspecified atom stereocenters. The van der Waals surface area contributed by atoms with E-state index in [4.69, 9.17) is 10.8 Å². The number of amides is 1. The zero-order valence-electron chi connectivity index (χ0n) is 5.61. The number of hydrogen-bond donors (Lipinski definition) is 3. The maximum Gasteiger partial charge on any atom is 0.329 e. The third kappa shape index (κ3) is 8.44. The second-order valence-electron chi connectivity index (χ2n) is 1.54. The van der Waals surface area contributed by atoms with Gasteiger partial charge >= 0.3 is 5.97 Å². The summed E-state index contributed by atoms with van der Waals surface area (Å²) in [4.78, 5) is 24.2. The Labute approximate surface area is 62.6 Å². The molecule has 0 aromatic carbocycles. The van der Waals surface area contributed by atoms with Crippen molar-refractivity contribution in [1.29, 1.82) is 0 Å². The minimum absolute atomic E-state index is 0.302. The number of nitrogens with two attached hydrogens (primary N) is 1. The second-order valence-corrected chi connectivity index (χ2v) is 1.54. The Morgan fingerprint density at radius 3 is 2.73 bits per heavy atom. The van der Waals surface area contributed by atoms with Gasteiger partial charge in [-0.25, -0.2) is 4.79 Å². The molecule has 6 nitrogen and oxygen atoms in total. The molecule has 0 saturated heterocycles. The van der Waals surface area contributed by atoms with Gasteiger partial charge in [0.05, 0.1) is 0 Å². The van der Waals surface area contributed by atoms with Gasteiger partial charge in [-0.05, 0) is 0 Å². The Hall–Kier alpha value is -1.56. The Kier molecular flexibility index (Phi) is 4.50. The summed E-state index contributed by atoms with van der Waals surface area (Å²) in [5.74, 6) is -1.75. The van der Waals surface area contributed by atoms with Crippen LogP contribution < -0.4 is 11.2 Å². The number of carbonyl (C=O) groups is 2. The van der Waals surface area contributed by atoms with Gasteiger partial charge in [0, 0.05) is 12.3 Å². The minimum Gasteiger partial charge on any atom is -0.478 e. The van der Waals surface area contributed by atoms with Crippen LogP contribution in [0.25, 0.3) is 0 Å². The summed E-state index contributed by atoms with van der Waals surface area (Å²) in [6.45, 7) is -0.302. The predicted octanol–water partition coefficient (Wildman–Crippen LogP) is -1.41. The minimum atomic E-state index is -1.11. The first-order valence-corrected chi connectivity index (χ1v) is 2.68. The molecule has 0 bridgehead atoms. The lowest BCUT2D eigenvalue weighted by molar-refractivity contribution is -0.131. The van der Waals surface area contributed by atoms with Crippen molar-refractivity contribution >= 4 is 11.9 Å². The molecule has 0 heterocycles.